The van der Waals surface area contributed by atoms with E-state index in [1.165, 1.54) is 30.7 Å². The monoisotopic (exact) mass is 460 g/mol. The quantitative estimate of drug-likeness (QED) is 0.531. The molecule has 12 heteroatoms. The van der Waals surface area contributed by atoms with Gasteiger partial charge in [-0.15, -0.1) is 13.2 Å². The van der Waals surface area contributed by atoms with Crippen LogP contribution in [0.3, 0.4) is 0 Å². The summed E-state index contributed by atoms with van der Waals surface area (Å²) in [5.74, 6) is -0.260. The van der Waals surface area contributed by atoms with Gasteiger partial charge in [-0.3, -0.25) is 4.79 Å². The van der Waals surface area contributed by atoms with E-state index in [1.54, 1.807) is 6.07 Å². The first-order valence-electron chi connectivity index (χ1n) is 9.86. The van der Waals surface area contributed by atoms with Crippen molar-refractivity contribution in [2.24, 2.45) is 0 Å². The lowest BCUT2D eigenvalue weighted by molar-refractivity contribution is -0.274. The Morgan fingerprint density at radius 1 is 1.15 bits per heavy atom. The zero-order chi connectivity index (χ0) is 23.6. The average Bonchev–Trinajstić information content (AvgIpc) is 3.20. The maximum absolute atomic E-state index is 12.8. The maximum Gasteiger partial charge on any atom is 0.573 e. The standard InChI is InChI=1S/C21H19F3N6O3/c22-21(23,24)33-16-3-1-14(2-4-16)29-19(32)12-7-17(13-9-27-20(25)28-10-13)18(26-8-12)30-6-5-15(31)11-30/h1-4,7-10,15,31H,5-6,11H2,(H,29,32)(H2,25,27,28). The molecule has 0 saturated carbocycles. The molecule has 1 amide bonds. The molecular formula is C21H19F3N6O3. The number of alkyl halides is 3. The van der Waals surface area contributed by atoms with E-state index in [9.17, 15) is 23.1 Å². The van der Waals surface area contributed by atoms with Crippen molar-refractivity contribution in [3.8, 4) is 16.9 Å². The third kappa shape index (κ3) is 5.47. The normalized spacial score (nSPS) is 16.0. The lowest BCUT2D eigenvalue weighted by Crippen LogP contribution is -2.23. The number of aromatic nitrogens is 3. The van der Waals surface area contributed by atoms with Crippen LogP contribution in [0, 0.1) is 0 Å². The van der Waals surface area contributed by atoms with Gasteiger partial charge >= 0.3 is 6.36 Å². The fourth-order valence-electron chi connectivity index (χ4n) is 3.40. The average molecular weight is 460 g/mol. The zero-order valence-corrected chi connectivity index (χ0v) is 17.1. The number of hydrogen-bond donors (Lipinski definition) is 3. The first-order valence-corrected chi connectivity index (χ1v) is 9.86. The van der Waals surface area contributed by atoms with E-state index in [4.69, 9.17) is 5.73 Å². The van der Waals surface area contributed by atoms with Crippen LogP contribution in [0.2, 0.25) is 0 Å². The number of nitrogen functional groups attached to an aromatic ring is 1. The van der Waals surface area contributed by atoms with Gasteiger partial charge < -0.3 is 25.8 Å². The van der Waals surface area contributed by atoms with Crippen molar-refractivity contribution in [2.75, 3.05) is 29.0 Å². The molecule has 1 aromatic carbocycles. The van der Waals surface area contributed by atoms with Crippen LogP contribution in [0.15, 0.2) is 48.9 Å². The molecule has 1 saturated heterocycles. The van der Waals surface area contributed by atoms with Gasteiger partial charge in [-0.1, -0.05) is 0 Å². The van der Waals surface area contributed by atoms with E-state index in [2.05, 4.69) is 25.0 Å². The van der Waals surface area contributed by atoms with E-state index in [0.717, 1.165) is 12.1 Å². The van der Waals surface area contributed by atoms with Gasteiger partial charge in [0, 0.05) is 48.5 Å². The second-order valence-electron chi connectivity index (χ2n) is 7.34. The molecule has 9 nitrogen and oxygen atoms in total. The summed E-state index contributed by atoms with van der Waals surface area (Å²) in [5.41, 5.74) is 7.22. The van der Waals surface area contributed by atoms with Crippen molar-refractivity contribution < 1.29 is 27.8 Å². The van der Waals surface area contributed by atoms with E-state index in [0.29, 0.717) is 36.5 Å². The number of pyridine rings is 1. The van der Waals surface area contributed by atoms with Crippen LogP contribution in [-0.4, -0.2) is 51.5 Å². The summed E-state index contributed by atoms with van der Waals surface area (Å²) >= 11 is 0. The number of nitrogens with one attached hydrogen (secondary N) is 1. The number of rotatable bonds is 5. The van der Waals surface area contributed by atoms with Crippen molar-refractivity contribution in [1.29, 1.82) is 0 Å². The predicted octanol–water partition coefficient (Wildman–Crippen LogP) is 2.84. The highest BCUT2D eigenvalue weighted by molar-refractivity contribution is 6.05. The lowest BCUT2D eigenvalue weighted by atomic mass is 10.1. The summed E-state index contributed by atoms with van der Waals surface area (Å²) in [6.07, 6.45) is -0.276. The molecule has 0 aliphatic carbocycles. The number of aliphatic hydroxyl groups is 1. The first kappa shape index (κ1) is 22.3. The van der Waals surface area contributed by atoms with Gasteiger partial charge in [-0.05, 0) is 36.8 Å². The largest absolute Gasteiger partial charge is 0.573 e. The van der Waals surface area contributed by atoms with Crippen LogP contribution >= 0.6 is 0 Å². The first-order chi connectivity index (χ1) is 15.7. The van der Waals surface area contributed by atoms with E-state index < -0.39 is 24.1 Å². The number of carbonyl (C=O) groups excluding carboxylic acids is 1. The van der Waals surface area contributed by atoms with E-state index in [1.807, 2.05) is 4.90 Å². The Balaban J connectivity index is 1.59. The smallest absolute Gasteiger partial charge is 0.406 e. The van der Waals surface area contributed by atoms with Crippen LogP contribution in [-0.2, 0) is 0 Å². The Kier molecular flexibility index (Phi) is 6.01. The molecule has 3 heterocycles. The Morgan fingerprint density at radius 3 is 2.45 bits per heavy atom. The highest BCUT2D eigenvalue weighted by Crippen LogP contribution is 2.32. The minimum atomic E-state index is -4.80. The Bertz CT molecular complexity index is 1140. The number of ether oxygens (including phenoxy) is 1. The number of benzene rings is 1. The van der Waals surface area contributed by atoms with Crippen molar-refractivity contribution >= 4 is 23.4 Å². The second-order valence-corrected chi connectivity index (χ2v) is 7.34. The van der Waals surface area contributed by atoms with Crippen LogP contribution in [0.4, 0.5) is 30.6 Å². The fraction of sp³-hybridized carbons (Fsp3) is 0.238. The Morgan fingerprint density at radius 2 is 1.85 bits per heavy atom. The lowest BCUT2D eigenvalue weighted by Gasteiger charge is -2.21. The third-order valence-electron chi connectivity index (χ3n) is 4.92. The number of carbonyl (C=O) groups is 1. The van der Waals surface area contributed by atoms with Crippen LogP contribution < -0.4 is 20.7 Å². The van der Waals surface area contributed by atoms with Gasteiger partial charge in [-0.2, -0.15) is 0 Å². The number of anilines is 3. The molecule has 3 aromatic rings. The number of aliphatic hydroxyl groups excluding tert-OH is 1. The molecule has 1 unspecified atom stereocenters. The predicted molar refractivity (Wildman–Crippen MR) is 114 cm³/mol. The Labute approximate surface area is 186 Å². The molecule has 0 radical (unpaired) electrons. The molecule has 0 spiro atoms. The number of halogens is 3. The topological polar surface area (TPSA) is 126 Å². The summed E-state index contributed by atoms with van der Waals surface area (Å²) in [6, 6.07) is 6.39. The highest BCUT2D eigenvalue weighted by atomic mass is 19.4. The molecule has 4 rings (SSSR count). The second kappa shape index (κ2) is 8.90. The van der Waals surface area contributed by atoms with Gasteiger partial charge in [0.25, 0.3) is 5.91 Å². The molecule has 1 atom stereocenters. The minimum Gasteiger partial charge on any atom is -0.406 e. The Hall–Kier alpha value is -3.93. The van der Waals surface area contributed by atoms with E-state index >= 15 is 0 Å². The SMILES string of the molecule is Nc1ncc(-c2cc(C(=O)Nc3ccc(OC(F)(F)F)cc3)cnc2N2CCC(O)C2)cn1. The van der Waals surface area contributed by atoms with Gasteiger partial charge in [-0.25, -0.2) is 15.0 Å². The molecule has 2 aromatic heterocycles. The van der Waals surface area contributed by atoms with Crippen molar-refractivity contribution in [3.05, 3.63) is 54.5 Å². The molecule has 4 N–H and O–H groups in total. The van der Waals surface area contributed by atoms with Crippen LogP contribution in [0.1, 0.15) is 16.8 Å². The number of amides is 1. The minimum absolute atomic E-state index is 0.0942. The van der Waals surface area contributed by atoms with Gasteiger partial charge in [0.05, 0.1) is 11.7 Å². The van der Waals surface area contributed by atoms with Gasteiger partial charge in [0.2, 0.25) is 5.95 Å². The van der Waals surface area contributed by atoms with E-state index in [-0.39, 0.29) is 17.2 Å². The van der Waals surface area contributed by atoms with Gasteiger partial charge in [0.15, 0.2) is 0 Å². The molecule has 1 aliphatic heterocycles. The number of nitrogens with two attached hydrogens (primary N) is 1. The van der Waals surface area contributed by atoms with Gasteiger partial charge in [0.1, 0.15) is 11.6 Å². The molecular weight excluding hydrogens is 441 g/mol. The van der Waals surface area contributed by atoms with Crippen molar-refractivity contribution in [3.63, 3.8) is 0 Å². The molecule has 172 valence electrons. The number of hydrogen-bond acceptors (Lipinski definition) is 8. The van der Waals surface area contributed by atoms with Crippen LogP contribution in [0.5, 0.6) is 5.75 Å². The van der Waals surface area contributed by atoms with Crippen LogP contribution in [0.25, 0.3) is 11.1 Å². The maximum atomic E-state index is 12.8. The molecule has 0 bridgehead atoms. The molecule has 1 fully saturated rings. The number of nitrogens with zero attached hydrogens (tertiary/aromatic N) is 4. The third-order valence-corrected chi connectivity index (χ3v) is 4.92. The zero-order valence-electron chi connectivity index (χ0n) is 17.1. The summed E-state index contributed by atoms with van der Waals surface area (Å²) in [4.78, 5) is 27.1. The summed E-state index contributed by atoms with van der Waals surface area (Å²) in [6.45, 7) is 0.989. The van der Waals surface area contributed by atoms with Crippen molar-refractivity contribution in [2.45, 2.75) is 18.9 Å². The molecule has 1 aliphatic rings. The summed E-state index contributed by atoms with van der Waals surface area (Å²) in [7, 11) is 0. The highest BCUT2D eigenvalue weighted by Gasteiger charge is 2.31. The summed E-state index contributed by atoms with van der Waals surface area (Å²) in [5, 5.41) is 12.5. The molecule has 33 heavy (non-hydrogen) atoms. The summed E-state index contributed by atoms with van der Waals surface area (Å²) < 4.78 is 40.7. The van der Waals surface area contributed by atoms with Crippen molar-refractivity contribution in [1.82, 2.24) is 15.0 Å². The number of β-amino-alcohol motifs (C(OH)–C–C–N with tert-alkyl or cyclic N) is 1. The fourth-order valence-corrected chi connectivity index (χ4v) is 3.40.